The van der Waals surface area contributed by atoms with Gasteiger partial charge < -0.3 is 9.88 Å². The molecule has 0 radical (unpaired) electrons. The lowest BCUT2D eigenvalue weighted by molar-refractivity contribution is -0.104. The molecule has 5 nitrogen and oxygen atoms in total. The molecule has 3 heterocycles. The van der Waals surface area contributed by atoms with E-state index in [1.54, 1.807) is 4.57 Å². The molecule has 2 aromatic heterocycles. The Morgan fingerprint density at radius 3 is 2.40 bits per heavy atom. The number of carbonyl (C=O) groups excluding carboxylic acids is 2. The van der Waals surface area contributed by atoms with Crippen molar-refractivity contribution in [3.63, 3.8) is 0 Å². The molecule has 40 heavy (non-hydrogen) atoms. The number of hydrogen-bond acceptors (Lipinski definition) is 4. The molecule has 0 unspecified atom stereocenters. The Balaban J connectivity index is 0.000000185. The van der Waals surface area contributed by atoms with Crippen molar-refractivity contribution >= 4 is 24.0 Å². The molecule has 0 spiro atoms. The molecular formula is C35H37N3O2. The van der Waals surface area contributed by atoms with Crippen molar-refractivity contribution in [3.8, 4) is 11.1 Å². The number of Topliss-reactive ketones (excluding diaryl/α,β-unsaturated/α-hetero) is 1. The Morgan fingerprint density at radius 1 is 0.950 bits per heavy atom. The van der Waals surface area contributed by atoms with Gasteiger partial charge in [0.2, 0.25) is 5.78 Å². The predicted octanol–water partition coefficient (Wildman–Crippen LogP) is 7.43. The van der Waals surface area contributed by atoms with E-state index in [0.717, 1.165) is 41.8 Å². The van der Waals surface area contributed by atoms with Crippen LogP contribution in [-0.4, -0.2) is 28.7 Å². The number of pyridine rings is 1. The van der Waals surface area contributed by atoms with Gasteiger partial charge in [0.1, 0.15) is 5.69 Å². The van der Waals surface area contributed by atoms with Gasteiger partial charge in [-0.2, -0.15) is 0 Å². The minimum Gasteiger partial charge on any atom is -0.388 e. The molecule has 0 saturated carbocycles. The molecule has 1 aliphatic rings. The standard InChI is InChI=1S/C18H24N2.C17H13NO2/c1-14-12-15(2)20-18(13-14)7-5-4-6-16-8-10-17(19-3)11-9-16;19-12-16(20)17-15(13-7-3-1-4-8-13)11-14-9-5-2-6-10-18(14)17/h8-13,19H,4-7H2,1-3H3;1-8,10-12H,9H2. The quantitative estimate of drug-likeness (QED) is 0.106. The van der Waals surface area contributed by atoms with Crippen molar-refractivity contribution in [2.24, 2.45) is 0 Å². The molecule has 0 bridgehead atoms. The third-order valence-corrected chi connectivity index (χ3v) is 6.89. The van der Waals surface area contributed by atoms with Gasteiger partial charge in [-0.1, -0.05) is 54.6 Å². The molecule has 2 aromatic carbocycles. The lowest BCUT2D eigenvalue weighted by Gasteiger charge is -2.05. The highest BCUT2D eigenvalue weighted by atomic mass is 16.2. The number of nitrogens with one attached hydrogen (secondary N) is 1. The van der Waals surface area contributed by atoms with E-state index < -0.39 is 5.78 Å². The van der Waals surface area contributed by atoms with Crippen molar-refractivity contribution in [1.29, 1.82) is 0 Å². The SMILES string of the molecule is CNc1ccc(CCCCc2cc(C)cc(C)n2)cc1.O=CC(=O)c1c(-c2ccccc2)cc2n1C=CC=CC2. The number of rotatable bonds is 9. The molecule has 0 saturated heterocycles. The van der Waals surface area contributed by atoms with E-state index in [0.29, 0.717) is 12.0 Å². The second-order valence-electron chi connectivity index (χ2n) is 10.0. The van der Waals surface area contributed by atoms with Crippen LogP contribution in [0.25, 0.3) is 17.3 Å². The first-order valence-electron chi connectivity index (χ1n) is 13.8. The summed E-state index contributed by atoms with van der Waals surface area (Å²) in [7, 11) is 1.95. The Kier molecular flexibility index (Phi) is 10.0. The number of hydrogen-bond donors (Lipinski definition) is 1. The maximum atomic E-state index is 12.0. The largest absolute Gasteiger partial charge is 0.388 e. The molecular weight excluding hydrogens is 494 g/mol. The molecule has 5 heteroatoms. The highest BCUT2D eigenvalue weighted by molar-refractivity contribution is 6.34. The van der Waals surface area contributed by atoms with Crippen LogP contribution in [0.15, 0.2) is 91.0 Å². The van der Waals surface area contributed by atoms with E-state index >= 15 is 0 Å². The third kappa shape index (κ3) is 7.54. The van der Waals surface area contributed by atoms with Gasteiger partial charge in [0.05, 0.1) is 0 Å². The van der Waals surface area contributed by atoms with Gasteiger partial charge in [-0.05, 0) is 92.6 Å². The summed E-state index contributed by atoms with van der Waals surface area (Å²) in [6.45, 7) is 4.21. The van der Waals surface area contributed by atoms with E-state index in [-0.39, 0.29) is 0 Å². The predicted molar refractivity (Wildman–Crippen MR) is 165 cm³/mol. The second-order valence-corrected chi connectivity index (χ2v) is 10.0. The van der Waals surface area contributed by atoms with E-state index in [4.69, 9.17) is 0 Å². The number of unbranched alkanes of at least 4 members (excludes halogenated alkanes) is 1. The molecule has 204 valence electrons. The van der Waals surface area contributed by atoms with Gasteiger partial charge in [0, 0.05) is 48.0 Å². The molecule has 1 aliphatic heterocycles. The molecule has 5 rings (SSSR count). The monoisotopic (exact) mass is 531 g/mol. The Labute approximate surface area is 237 Å². The molecule has 0 atom stereocenters. The first-order chi connectivity index (χ1) is 19.5. The zero-order chi connectivity index (χ0) is 28.3. The molecule has 0 fully saturated rings. The normalized spacial score (nSPS) is 11.7. The summed E-state index contributed by atoms with van der Waals surface area (Å²) < 4.78 is 1.80. The minimum atomic E-state index is -0.498. The van der Waals surface area contributed by atoms with Crippen LogP contribution >= 0.6 is 0 Å². The van der Waals surface area contributed by atoms with Gasteiger partial charge in [-0.3, -0.25) is 14.6 Å². The lowest BCUT2D eigenvalue weighted by Crippen LogP contribution is -2.08. The molecule has 1 N–H and O–H groups in total. The summed E-state index contributed by atoms with van der Waals surface area (Å²) in [6, 6.07) is 24.7. The second kappa shape index (κ2) is 14.0. The number of aldehydes is 1. The number of allylic oxidation sites excluding steroid dienone is 3. The molecule has 0 amide bonds. The Morgan fingerprint density at radius 2 is 1.70 bits per heavy atom. The van der Waals surface area contributed by atoms with Gasteiger partial charge in [-0.15, -0.1) is 0 Å². The summed E-state index contributed by atoms with van der Waals surface area (Å²) in [5.41, 5.74) is 9.44. The van der Waals surface area contributed by atoms with Crippen LogP contribution in [0, 0.1) is 13.8 Å². The van der Waals surface area contributed by atoms with Crippen molar-refractivity contribution in [2.45, 2.75) is 46.0 Å². The van der Waals surface area contributed by atoms with Crippen LogP contribution in [0.4, 0.5) is 5.69 Å². The Bertz CT molecular complexity index is 1480. The number of aryl methyl sites for hydroxylation is 4. The van der Waals surface area contributed by atoms with E-state index in [1.165, 1.54) is 35.3 Å². The van der Waals surface area contributed by atoms with E-state index in [1.807, 2.05) is 67.9 Å². The van der Waals surface area contributed by atoms with Crippen LogP contribution in [0.3, 0.4) is 0 Å². The fourth-order valence-corrected chi connectivity index (χ4v) is 4.98. The van der Waals surface area contributed by atoms with E-state index in [2.05, 4.69) is 60.5 Å². The van der Waals surface area contributed by atoms with Gasteiger partial charge >= 0.3 is 0 Å². The maximum absolute atomic E-state index is 12.0. The number of aromatic nitrogens is 2. The summed E-state index contributed by atoms with van der Waals surface area (Å²) in [6.07, 6.45) is 13.4. The lowest BCUT2D eigenvalue weighted by atomic mass is 10.0. The average Bonchev–Trinajstić information content (AvgIpc) is 3.18. The molecule has 0 aliphatic carbocycles. The fourth-order valence-electron chi connectivity index (χ4n) is 4.98. The van der Waals surface area contributed by atoms with E-state index in [9.17, 15) is 9.59 Å². The average molecular weight is 532 g/mol. The summed E-state index contributed by atoms with van der Waals surface area (Å²) in [5.74, 6) is -0.498. The van der Waals surface area contributed by atoms with Crippen molar-refractivity contribution < 1.29 is 9.59 Å². The van der Waals surface area contributed by atoms with Crippen LogP contribution < -0.4 is 5.32 Å². The summed E-state index contributed by atoms with van der Waals surface area (Å²) in [4.78, 5) is 27.6. The number of nitrogens with zero attached hydrogens (tertiary/aromatic N) is 2. The summed E-state index contributed by atoms with van der Waals surface area (Å²) in [5, 5.41) is 3.15. The van der Waals surface area contributed by atoms with Crippen LogP contribution in [0.1, 0.15) is 51.5 Å². The number of ketones is 1. The van der Waals surface area contributed by atoms with Gasteiger partial charge in [0.15, 0.2) is 6.29 Å². The van der Waals surface area contributed by atoms with Crippen molar-refractivity contribution in [1.82, 2.24) is 9.55 Å². The smallest absolute Gasteiger partial charge is 0.242 e. The van der Waals surface area contributed by atoms with Crippen molar-refractivity contribution in [2.75, 3.05) is 12.4 Å². The number of fused-ring (bicyclic) bond motifs is 1. The highest BCUT2D eigenvalue weighted by Gasteiger charge is 2.20. The number of carbonyl (C=O) groups is 2. The van der Waals surface area contributed by atoms with Gasteiger partial charge in [-0.25, -0.2) is 0 Å². The number of anilines is 1. The maximum Gasteiger partial charge on any atom is 0.242 e. The number of benzene rings is 2. The zero-order valence-electron chi connectivity index (χ0n) is 23.6. The first kappa shape index (κ1) is 28.5. The highest BCUT2D eigenvalue weighted by Crippen LogP contribution is 2.29. The molecule has 4 aromatic rings. The minimum absolute atomic E-state index is 0.376. The van der Waals surface area contributed by atoms with Crippen LogP contribution in [0.5, 0.6) is 0 Å². The topological polar surface area (TPSA) is 64.0 Å². The van der Waals surface area contributed by atoms with Crippen LogP contribution in [0.2, 0.25) is 0 Å². The van der Waals surface area contributed by atoms with Crippen LogP contribution in [-0.2, 0) is 24.1 Å². The third-order valence-electron chi connectivity index (χ3n) is 6.89. The van der Waals surface area contributed by atoms with Gasteiger partial charge in [0.25, 0.3) is 0 Å². The first-order valence-corrected chi connectivity index (χ1v) is 13.8. The zero-order valence-corrected chi connectivity index (χ0v) is 23.6. The summed E-state index contributed by atoms with van der Waals surface area (Å²) >= 11 is 0. The fraction of sp³-hybridized carbons (Fsp3) is 0.229. The Hall–Kier alpha value is -4.51. The van der Waals surface area contributed by atoms with Crippen molar-refractivity contribution in [3.05, 3.63) is 125 Å².